The first-order valence-electron chi connectivity index (χ1n) is 8.80. The molecule has 0 saturated heterocycles. The highest BCUT2D eigenvalue weighted by Gasteiger charge is 2.12. The first kappa shape index (κ1) is 21.8. The van der Waals surface area contributed by atoms with Gasteiger partial charge in [0.25, 0.3) is 5.91 Å². The van der Waals surface area contributed by atoms with Crippen molar-refractivity contribution in [3.05, 3.63) is 59.7 Å². The lowest BCUT2D eigenvalue weighted by Gasteiger charge is -2.08. The van der Waals surface area contributed by atoms with E-state index < -0.39 is 42.6 Å². The van der Waals surface area contributed by atoms with Crippen molar-refractivity contribution < 1.29 is 32.6 Å². The average Bonchev–Trinajstić information content (AvgIpc) is 2.72. The minimum absolute atomic E-state index is 0.0425. The van der Waals surface area contributed by atoms with Gasteiger partial charge in [0.2, 0.25) is 5.91 Å². The molecule has 2 N–H and O–H groups in total. The topological polar surface area (TPSA) is 93.7 Å². The second-order valence-electron chi connectivity index (χ2n) is 5.90. The summed E-state index contributed by atoms with van der Waals surface area (Å²) in [5, 5.41) is 4.55. The highest BCUT2D eigenvalue weighted by molar-refractivity contribution is 5.95. The molecule has 2 aromatic rings. The zero-order chi connectivity index (χ0) is 21.2. The summed E-state index contributed by atoms with van der Waals surface area (Å²) in [6.45, 7) is 1.53. The molecule has 0 bridgehead atoms. The lowest BCUT2D eigenvalue weighted by atomic mass is 10.2. The maximum Gasteiger partial charge on any atom is 0.338 e. The number of halogens is 2. The summed E-state index contributed by atoms with van der Waals surface area (Å²) in [5.41, 5.74) is 0.290. The summed E-state index contributed by atoms with van der Waals surface area (Å²) >= 11 is 0. The third kappa shape index (κ3) is 7.21. The first-order chi connectivity index (χ1) is 13.9. The molecule has 0 unspecified atom stereocenters. The van der Waals surface area contributed by atoms with E-state index in [0.29, 0.717) is 12.4 Å². The fourth-order valence-electron chi connectivity index (χ4n) is 2.13. The fourth-order valence-corrected chi connectivity index (χ4v) is 2.13. The van der Waals surface area contributed by atoms with Crippen LogP contribution >= 0.6 is 0 Å². The van der Waals surface area contributed by atoms with Gasteiger partial charge in [-0.15, -0.1) is 0 Å². The Bertz CT molecular complexity index is 872. The predicted molar refractivity (Wildman–Crippen MR) is 101 cm³/mol. The van der Waals surface area contributed by atoms with Crippen LogP contribution in [0.25, 0.3) is 0 Å². The number of ether oxygens (including phenoxy) is 2. The Morgan fingerprint density at radius 3 is 2.34 bits per heavy atom. The summed E-state index contributed by atoms with van der Waals surface area (Å²) in [4.78, 5) is 35.4. The van der Waals surface area contributed by atoms with E-state index in [9.17, 15) is 23.2 Å². The lowest BCUT2D eigenvalue weighted by molar-refractivity contribution is -0.126. The Labute approximate surface area is 166 Å². The van der Waals surface area contributed by atoms with Crippen molar-refractivity contribution in [3.63, 3.8) is 0 Å². The average molecular weight is 406 g/mol. The molecule has 0 saturated carbocycles. The number of carbonyl (C=O) groups excluding carboxylic acids is 3. The largest absolute Gasteiger partial charge is 0.494 e. The summed E-state index contributed by atoms with van der Waals surface area (Å²) in [5.74, 6) is -3.58. The molecule has 0 aliphatic carbocycles. The molecule has 9 heteroatoms. The summed E-state index contributed by atoms with van der Waals surface area (Å²) in [6.07, 6.45) is 0.859. The van der Waals surface area contributed by atoms with Crippen LogP contribution in [-0.4, -0.2) is 37.5 Å². The van der Waals surface area contributed by atoms with Crippen LogP contribution in [-0.2, 0) is 14.3 Å². The van der Waals surface area contributed by atoms with E-state index in [4.69, 9.17) is 9.47 Å². The molecule has 154 valence electrons. The Morgan fingerprint density at radius 1 is 0.966 bits per heavy atom. The predicted octanol–water partition coefficient (Wildman–Crippen LogP) is 2.67. The number of benzene rings is 2. The molecule has 29 heavy (non-hydrogen) atoms. The van der Waals surface area contributed by atoms with Gasteiger partial charge in [0.05, 0.1) is 18.7 Å². The Morgan fingerprint density at radius 2 is 1.69 bits per heavy atom. The van der Waals surface area contributed by atoms with E-state index in [1.165, 1.54) is 18.2 Å². The monoisotopic (exact) mass is 406 g/mol. The minimum Gasteiger partial charge on any atom is -0.494 e. The third-order valence-corrected chi connectivity index (χ3v) is 3.55. The van der Waals surface area contributed by atoms with Crippen LogP contribution in [0.4, 0.5) is 14.5 Å². The molecule has 0 spiro atoms. The molecule has 0 radical (unpaired) electrons. The summed E-state index contributed by atoms with van der Waals surface area (Å²) < 4.78 is 36.2. The Kier molecular flexibility index (Phi) is 8.08. The number of hydrogen-bond acceptors (Lipinski definition) is 5. The van der Waals surface area contributed by atoms with Crippen LogP contribution in [0.2, 0.25) is 0 Å². The number of anilines is 1. The van der Waals surface area contributed by atoms with Gasteiger partial charge in [-0.05, 0) is 42.8 Å². The van der Waals surface area contributed by atoms with Gasteiger partial charge in [-0.25, -0.2) is 13.6 Å². The van der Waals surface area contributed by atoms with Crippen LogP contribution in [0.5, 0.6) is 5.75 Å². The van der Waals surface area contributed by atoms with Gasteiger partial charge in [0.1, 0.15) is 5.75 Å². The van der Waals surface area contributed by atoms with Gasteiger partial charge in [-0.3, -0.25) is 9.59 Å². The van der Waals surface area contributed by atoms with Gasteiger partial charge in [0, 0.05) is 11.8 Å². The van der Waals surface area contributed by atoms with Crippen molar-refractivity contribution in [2.24, 2.45) is 0 Å². The lowest BCUT2D eigenvalue weighted by Crippen LogP contribution is -2.35. The van der Waals surface area contributed by atoms with E-state index in [1.807, 2.05) is 6.92 Å². The van der Waals surface area contributed by atoms with Crippen molar-refractivity contribution in [2.75, 3.05) is 25.1 Å². The smallest absolute Gasteiger partial charge is 0.338 e. The molecule has 0 fully saturated rings. The molecule has 0 aliphatic rings. The van der Waals surface area contributed by atoms with Crippen molar-refractivity contribution >= 4 is 23.5 Å². The molecule has 0 aliphatic heterocycles. The number of rotatable bonds is 9. The van der Waals surface area contributed by atoms with Crippen molar-refractivity contribution in [1.29, 1.82) is 0 Å². The molecule has 7 nitrogen and oxygen atoms in total. The van der Waals surface area contributed by atoms with Crippen LogP contribution in [0, 0.1) is 11.6 Å². The number of hydrogen-bond donors (Lipinski definition) is 2. The van der Waals surface area contributed by atoms with E-state index in [0.717, 1.165) is 18.6 Å². The maximum atomic E-state index is 13.1. The molecule has 2 aromatic carbocycles. The first-order valence-corrected chi connectivity index (χ1v) is 8.80. The molecule has 0 atom stereocenters. The number of esters is 1. The highest BCUT2D eigenvalue weighted by atomic mass is 19.2. The molecular weight excluding hydrogens is 386 g/mol. The molecule has 0 aromatic heterocycles. The molecule has 2 rings (SSSR count). The molecule has 0 heterocycles. The zero-order valence-electron chi connectivity index (χ0n) is 15.7. The second-order valence-corrected chi connectivity index (χ2v) is 5.90. The van der Waals surface area contributed by atoms with Crippen LogP contribution in [0.3, 0.4) is 0 Å². The molecule has 2 amide bonds. The van der Waals surface area contributed by atoms with Crippen molar-refractivity contribution in [2.45, 2.75) is 13.3 Å². The van der Waals surface area contributed by atoms with E-state index in [-0.39, 0.29) is 11.3 Å². The standard InChI is InChI=1S/C20H20F2N2O5/c1-2-9-28-15-6-3-13(4-7-15)20(27)29-12-19(26)23-11-18(25)24-14-5-8-16(21)17(22)10-14/h3-8,10H,2,9,11-12H2,1H3,(H,23,26)(H,24,25). The summed E-state index contributed by atoms with van der Waals surface area (Å²) in [6, 6.07) is 9.13. The van der Waals surface area contributed by atoms with Crippen molar-refractivity contribution in [1.82, 2.24) is 5.32 Å². The van der Waals surface area contributed by atoms with Crippen LogP contribution in [0.15, 0.2) is 42.5 Å². The normalized spacial score (nSPS) is 10.2. The van der Waals surface area contributed by atoms with E-state index in [1.54, 1.807) is 12.1 Å². The quantitative estimate of drug-likeness (QED) is 0.625. The van der Waals surface area contributed by atoms with Crippen molar-refractivity contribution in [3.8, 4) is 5.75 Å². The zero-order valence-corrected chi connectivity index (χ0v) is 15.7. The van der Waals surface area contributed by atoms with Crippen LogP contribution < -0.4 is 15.4 Å². The number of nitrogens with one attached hydrogen (secondary N) is 2. The molecular formula is C20H20F2N2O5. The third-order valence-electron chi connectivity index (χ3n) is 3.55. The number of amides is 2. The fraction of sp³-hybridized carbons (Fsp3) is 0.250. The van der Waals surface area contributed by atoms with E-state index >= 15 is 0 Å². The van der Waals surface area contributed by atoms with Crippen LogP contribution in [0.1, 0.15) is 23.7 Å². The van der Waals surface area contributed by atoms with Gasteiger partial charge in [-0.2, -0.15) is 0 Å². The van der Waals surface area contributed by atoms with Gasteiger partial charge in [-0.1, -0.05) is 6.92 Å². The maximum absolute atomic E-state index is 13.1. The van der Waals surface area contributed by atoms with Gasteiger partial charge in [0.15, 0.2) is 18.2 Å². The van der Waals surface area contributed by atoms with E-state index in [2.05, 4.69) is 10.6 Å². The van der Waals surface area contributed by atoms with Gasteiger partial charge >= 0.3 is 5.97 Å². The second kappa shape index (κ2) is 10.7. The van der Waals surface area contributed by atoms with Gasteiger partial charge < -0.3 is 20.1 Å². The Hall–Kier alpha value is -3.49. The highest BCUT2D eigenvalue weighted by Crippen LogP contribution is 2.14. The minimum atomic E-state index is -1.11. The summed E-state index contributed by atoms with van der Waals surface area (Å²) in [7, 11) is 0. The Balaban J connectivity index is 1.72. The number of carbonyl (C=O) groups is 3. The SMILES string of the molecule is CCCOc1ccc(C(=O)OCC(=O)NCC(=O)Nc2ccc(F)c(F)c2)cc1.